The van der Waals surface area contributed by atoms with Crippen molar-refractivity contribution in [2.24, 2.45) is 0 Å². The third-order valence-electron chi connectivity index (χ3n) is 6.46. The largest absolute Gasteiger partial charge is 0.481 e. The maximum absolute atomic E-state index is 13.1. The molecule has 1 heterocycles. The zero-order valence-corrected chi connectivity index (χ0v) is 19.2. The quantitative estimate of drug-likeness (QED) is 0.648. The van der Waals surface area contributed by atoms with Gasteiger partial charge in [-0.1, -0.05) is 48.5 Å². The fraction of sp³-hybridized carbons (Fsp3) is 0.423. The molecule has 1 aliphatic heterocycles. The fourth-order valence-corrected chi connectivity index (χ4v) is 4.65. The number of carboxylic acids is 1. The van der Waals surface area contributed by atoms with Crippen molar-refractivity contribution in [1.29, 1.82) is 0 Å². The van der Waals surface area contributed by atoms with Gasteiger partial charge in [0.15, 0.2) is 0 Å². The molecule has 1 saturated heterocycles. The lowest BCUT2D eigenvalue weighted by molar-refractivity contribution is -0.138. The summed E-state index contributed by atoms with van der Waals surface area (Å²) in [6, 6.07) is 15.1. The Morgan fingerprint density at radius 3 is 2.38 bits per heavy atom. The number of carboxylic acid groups (broad SMARTS) is 1. The molecule has 8 nitrogen and oxygen atoms in total. The van der Waals surface area contributed by atoms with Crippen LogP contribution in [-0.2, 0) is 19.1 Å². The van der Waals surface area contributed by atoms with Crippen LogP contribution in [-0.4, -0.2) is 66.4 Å². The Bertz CT molecular complexity index is 1010. The molecular formula is C26H30N2O6. The minimum absolute atomic E-state index is 0.00866. The summed E-state index contributed by atoms with van der Waals surface area (Å²) in [6.45, 7) is 3.37. The second kappa shape index (κ2) is 10.7. The highest BCUT2D eigenvalue weighted by Gasteiger charge is 2.31. The lowest BCUT2D eigenvalue weighted by atomic mass is 9.98. The topological polar surface area (TPSA) is 105 Å². The molecule has 2 unspecified atom stereocenters. The van der Waals surface area contributed by atoms with Crippen LogP contribution in [0.25, 0.3) is 11.1 Å². The summed E-state index contributed by atoms with van der Waals surface area (Å²) in [7, 11) is 0. The number of hydrogen-bond acceptors (Lipinski definition) is 5. The van der Waals surface area contributed by atoms with E-state index in [2.05, 4.69) is 17.4 Å². The van der Waals surface area contributed by atoms with E-state index in [1.807, 2.05) is 43.3 Å². The van der Waals surface area contributed by atoms with E-state index in [9.17, 15) is 14.4 Å². The standard InChI is InChI=1S/C26H30N2O6/c1-17-12-13-28(14-15-33-17)25(31)23(10-11-24(29)30)27-26(32)34-16-22-20-8-4-2-6-18(20)19-7-3-5-9-21(19)22/h2-9,17,22-23H,10-16H2,1H3,(H,27,32)(H,29,30). The Hall–Kier alpha value is -3.39. The smallest absolute Gasteiger partial charge is 0.407 e. The highest BCUT2D eigenvalue weighted by atomic mass is 16.5. The molecule has 0 bridgehead atoms. The molecule has 2 amide bonds. The van der Waals surface area contributed by atoms with Crippen molar-refractivity contribution in [3.63, 3.8) is 0 Å². The second-order valence-electron chi connectivity index (χ2n) is 8.75. The predicted octanol–water partition coefficient (Wildman–Crippen LogP) is 3.40. The Morgan fingerprint density at radius 1 is 1.09 bits per heavy atom. The van der Waals surface area contributed by atoms with Gasteiger partial charge >= 0.3 is 12.1 Å². The highest BCUT2D eigenvalue weighted by molar-refractivity contribution is 5.86. The molecule has 0 spiro atoms. The van der Waals surface area contributed by atoms with Gasteiger partial charge in [0.2, 0.25) is 5.91 Å². The Balaban J connectivity index is 1.42. The van der Waals surface area contributed by atoms with E-state index in [1.54, 1.807) is 4.90 Å². The molecule has 2 aliphatic rings. The minimum atomic E-state index is -1.03. The van der Waals surface area contributed by atoms with Gasteiger partial charge in [0, 0.05) is 25.4 Å². The van der Waals surface area contributed by atoms with Crippen LogP contribution < -0.4 is 5.32 Å². The Morgan fingerprint density at radius 2 is 1.74 bits per heavy atom. The van der Waals surface area contributed by atoms with Gasteiger partial charge in [0.25, 0.3) is 0 Å². The first-order chi connectivity index (χ1) is 16.4. The third kappa shape index (κ3) is 5.39. The predicted molar refractivity (Wildman–Crippen MR) is 125 cm³/mol. The van der Waals surface area contributed by atoms with Crippen LogP contribution in [0.3, 0.4) is 0 Å². The molecule has 2 aromatic rings. The number of nitrogens with zero attached hydrogens (tertiary/aromatic N) is 1. The van der Waals surface area contributed by atoms with Crippen LogP contribution in [0.5, 0.6) is 0 Å². The first kappa shape index (κ1) is 23.8. The van der Waals surface area contributed by atoms with Crippen LogP contribution >= 0.6 is 0 Å². The van der Waals surface area contributed by atoms with Crippen molar-refractivity contribution in [1.82, 2.24) is 10.2 Å². The summed E-state index contributed by atoms with van der Waals surface area (Å²) in [5.41, 5.74) is 4.43. The van der Waals surface area contributed by atoms with Gasteiger partial charge in [-0.05, 0) is 42.0 Å². The van der Waals surface area contributed by atoms with Crippen molar-refractivity contribution < 1.29 is 29.0 Å². The van der Waals surface area contributed by atoms with Gasteiger partial charge in [0.05, 0.1) is 12.7 Å². The molecule has 2 aromatic carbocycles. The van der Waals surface area contributed by atoms with Gasteiger partial charge < -0.3 is 24.8 Å². The van der Waals surface area contributed by atoms with Crippen molar-refractivity contribution >= 4 is 18.0 Å². The van der Waals surface area contributed by atoms with E-state index >= 15 is 0 Å². The highest BCUT2D eigenvalue weighted by Crippen LogP contribution is 2.44. The summed E-state index contributed by atoms with van der Waals surface area (Å²) in [6.07, 6.45) is -0.246. The van der Waals surface area contributed by atoms with Gasteiger partial charge in [-0.25, -0.2) is 4.79 Å². The molecule has 2 atom stereocenters. The summed E-state index contributed by atoms with van der Waals surface area (Å²) < 4.78 is 11.2. The first-order valence-corrected chi connectivity index (χ1v) is 11.7. The van der Waals surface area contributed by atoms with Crippen LogP contribution in [0.4, 0.5) is 4.79 Å². The monoisotopic (exact) mass is 466 g/mol. The molecule has 1 fully saturated rings. The number of carbonyl (C=O) groups is 3. The molecule has 180 valence electrons. The zero-order valence-electron chi connectivity index (χ0n) is 19.2. The summed E-state index contributed by atoms with van der Waals surface area (Å²) in [4.78, 5) is 38.6. The molecule has 2 N–H and O–H groups in total. The summed E-state index contributed by atoms with van der Waals surface area (Å²) in [5, 5.41) is 11.7. The van der Waals surface area contributed by atoms with E-state index < -0.39 is 18.1 Å². The number of rotatable bonds is 7. The fourth-order valence-electron chi connectivity index (χ4n) is 4.65. The van der Waals surface area contributed by atoms with Crippen molar-refractivity contribution in [2.75, 3.05) is 26.3 Å². The number of ether oxygens (including phenoxy) is 2. The number of alkyl carbamates (subject to hydrolysis) is 1. The minimum Gasteiger partial charge on any atom is -0.481 e. The molecule has 8 heteroatoms. The van der Waals surface area contributed by atoms with Crippen LogP contribution in [0.15, 0.2) is 48.5 Å². The molecule has 0 saturated carbocycles. The van der Waals surface area contributed by atoms with Crippen molar-refractivity contribution in [2.45, 2.75) is 44.2 Å². The van der Waals surface area contributed by atoms with E-state index in [1.165, 1.54) is 0 Å². The normalized spacial score (nSPS) is 18.4. The molecule has 34 heavy (non-hydrogen) atoms. The average Bonchev–Trinajstić information content (AvgIpc) is 2.98. The molecule has 0 radical (unpaired) electrons. The first-order valence-electron chi connectivity index (χ1n) is 11.7. The third-order valence-corrected chi connectivity index (χ3v) is 6.46. The second-order valence-corrected chi connectivity index (χ2v) is 8.75. The van der Waals surface area contributed by atoms with Gasteiger partial charge in [-0.15, -0.1) is 0 Å². The molecular weight excluding hydrogens is 436 g/mol. The number of benzene rings is 2. The zero-order chi connectivity index (χ0) is 24.1. The Kier molecular flexibility index (Phi) is 7.47. The molecule has 0 aromatic heterocycles. The lowest BCUT2D eigenvalue weighted by Gasteiger charge is -2.26. The maximum atomic E-state index is 13.1. The number of amides is 2. The molecule has 1 aliphatic carbocycles. The van der Waals surface area contributed by atoms with Crippen LogP contribution in [0.2, 0.25) is 0 Å². The number of carbonyl (C=O) groups excluding carboxylic acids is 2. The van der Waals surface area contributed by atoms with Crippen molar-refractivity contribution in [3.8, 4) is 11.1 Å². The summed E-state index contributed by atoms with van der Waals surface area (Å²) >= 11 is 0. The number of fused-ring (bicyclic) bond motifs is 3. The van der Waals surface area contributed by atoms with Gasteiger partial charge in [-0.2, -0.15) is 0 Å². The maximum Gasteiger partial charge on any atom is 0.407 e. The lowest BCUT2D eigenvalue weighted by Crippen LogP contribution is -2.49. The number of aliphatic carboxylic acids is 1. The van der Waals surface area contributed by atoms with Crippen LogP contribution in [0.1, 0.15) is 43.2 Å². The van der Waals surface area contributed by atoms with E-state index in [4.69, 9.17) is 14.6 Å². The number of nitrogens with one attached hydrogen (secondary N) is 1. The van der Waals surface area contributed by atoms with Gasteiger partial charge in [0.1, 0.15) is 12.6 Å². The van der Waals surface area contributed by atoms with Gasteiger partial charge in [-0.3, -0.25) is 9.59 Å². The van der Waals surface area contributed by atoms with Crippen LogP contribution in [0, 0.1) is 0 Å². The Labute approximate surface area is 198 Å². The van der Waals surface area contributed by atoms with E-state index in [0.717, 1.165) is 22.3 Å². The summed E-state index contributed by atoms with van der Waals surface area (Å²) in [5.74, 6) is -1.44. The van der Waals surface area contributed by atoms with E-state index in [0.29, 0.717) is 26.1 Å². The van der Waals surface area contributed by atoms with E-state index in [-0.39, 0.29) is 37.4 Å². The SMILES string of the molecule is CC1CCN(C(=O)C(CCC(=O)O)NC(=O)OCC2c3ccccc3-c3ccccc32)CCO1. The number of hydrogen-bond donors (Lipinski definition) is 2. The average molecular weight is 467 g/mol. The molecule has 4 rings (SSSR count). The van der Waals surface area contributed by atoms with Crippen molar-refractivity contribution in [3.05, 3.63) is 59.7 Å².